The zero-order valence-corrected chi connectivity index (χ0v) is 9.38. The second-order valence-corrected chi connectivity index (χ2v) is 3.30. The first-order chi connectivity index (χ1) is 6.07. The third-order valence-electron chi connectivity index (χ3n) is 1.68. The van der Waals surface area contributed by atoms with Gasteiger partial charge in [0.25, 0.3) is 0 Å². The van der Waals surface area contributed by atoms with E-state index in [1.165, 1.54) is 0 Å². The smallest absolute Gasteiger partial charge is 0.356 e. The lowest BCUT2D eigenvalue weighted by Crippen LogP contribution is -2.11. The molecule has 1 aromatic heterocycles. The van der Waals surface area contributed by atoms with Gasteiger partial charge in [-0.05, 0) is 29.8 Å². The van der Waals surface area contributed by atoms with Crippen molar-refractivity contribution in [2.75, 3.05) is 6.61 Å². The molecule has 0 bridgehead atoms. The van der Waals surface area contributed by atoms with Crippen molar-refractivity contribution in [3.05, 3.63) is 16.1 Å². The van der Waals surface area contributed by atoms with Crippen LogP contribution in [-0.2, 0) is 11.8 Å². The van der Waals surface area contributed by atoms with Crippen LogP contribution < -0.4 is 0 Å². The van der Waals surface area contributed by atoms with Gasteiger partial charge in [0, 0.05) is 7.05 Å². The predicted molar refractivity (Wildman–Crippen MR) is 51.6 cm³/mol. The zero-order chi connectivity index (χ0) is 10.0. The number of aryl methyl sites for hydroxylation is 1. The highest BCUT2D eigenvalue weighted by molar-refractivity contribution is 9.10. The molecule has 1 aromatic rings. The highest BCUT2D eigenvalue weighted by Crippen LogP contribution is 2.15. The van der Waals surface area contributed by atoms with E-state index in [1.807, 2.05) is 0 Å². The second kappa shape index (κ2) is 3.91. The minimum atomic E-state index is -0.333. The molecule has 0 saturated carbocycles. The van der Waals surface area contributed by atoms with Crippen LogP contribution in [0.25, 0.3) is 0 Å². The Balaban J connectivity index is 3.06. The van der Waals surface area contributed by atoms with E-state index in [0.29, 0.717) is 22.7 Å². The van der Waals surface area contributed by atoms with Crippen LogP contribution >= 0.6 is 15.9 Å². The van der Waals surface area contributed by atoms with Crippen molar-refractivity contribution in [2.24, 2.45) is 7.05 Å². The van der Waals surface area contributed by atoms with Crippen molar-refractivity contribution in [1.29, 1.82) is 0 Å². The number of ether oxygens (including phenoxy) is 1. The first-order valence-electron chi connectivity index (χ1n) is 3.93. The molecule has 0 spiro atoms. The number of esters is 1. The minimum absolute atomic E-state index is 0.333. The van der Waals surface area contributed by atoms with E-state index in [-0.39, 0.29) is 5.97 Å². The molecule has 0 unspecified atom stereocenters. The number of hydrogen-bond acceptors (Lipinski definition) is 3. The number of rotatable bonds is 2. The highest BCUT2D eigenvalue weighted by Gasteiger charge is 2.17. The summed E-state index contributed by atoms with van der Waals surface area (Å²) in [5, 5.41) is 0. The van der Waals surface area contributed by atoms with Crippen molar-refractivity contribution in [3.63, 3.8) is 0 Å². The van der Waals surface area contributed by atoms with Crippen LogP contribution in [-0.4, -0.2) is 22.1 Å². The quantitative estimate of drug-likeness (QED) is 0.746. The number of hydrogen-bond donors (Lipinski definition) is 0. The highest BCUT2D eigenvalue weighted by atomic mass is 79.9. The molecule has 4 nitrogen and oxygen atoms in total. The second-order valence-electron chi connectivity index (χ2n) is 2.59. The van der Waals surface area contributed by atoms with E-state index >= 15 is 0 Å². The monoisotopic (exact) mass is 246 g/mol. The maximum absolute atomic E-state index is 11.4. The van der Waals surface area contributed by atoms with Gasteiger partial charge in [-0.1, -0.05) is 0 Å². The molecule has 72 valence electrons. The summed E-state index contributed by atoms with van der Waals surface area (Å²) in [6.45, 7) is 3.93. The Hall–Kier alpha value is -0.840. The van der Waals surface area contributed by atoms with Crippen LogP contribution in [0.1, 0.15) is 23.1 Å². The standard InChI is InChI=1S/C8H11BrN2O2/c1-4-13-7(12)6-5(2)10-8(9)11(6)3/h4H2,1-3H3. The molecule has 0 saturated heterocycles. The van der Waals surface area contributed by atoms with E-state index in [4.69, 9.17) is 4.74 Å². The van der Waals surface area contributed by atoms with Crippen LogP contribution in [0.3, 0.4) is 0 Å². The number of aromatic nitrogens is 2. The van der Waals surface area contributed by atoms with Crippen molar-refractivity contribution >= 4 is 21.9 Å². The lowest BCUT2D eigenvalue weighted by Gasteiger charge is -2.03. The molecule has 0 aliphatic carbocycles. The fourth-order valence-electron chi connectivity index (χ4n) is 1.09. The molecule has 0 radical (unpaired) electrons. The zero-order valence-electron chi connectivity index (χ0n) is 7.80. The average molecular weight is 247 g/mol. The number of halogens is 1. The van der Waals surface area contributed by atoms with Crippen LogP contribution in [0, 0.1) is 6.92 Å². The number of nitrogens with zero attached hydrogens (tertiary/aromatic N) is 2. The van der Waals surface area contributed by atoms with E-state index in [9.17, 15) is 4.79 Å². The lowest BCUT2D eigenvalue weighted by molar-refractivity contribution is 0.0514. The maximum Gasteiger partial charge on any atom is 0.356 e. The Morgan fingerprint density at radius 3 is 2.69 bits per heavy atom. The summed E-state index contributed by atoms with van der Waals surface area (Å²) in [4.78, 5) is 15.5. The molecule has 0 fully saturated rings. The molecular formula is C8H11BrN2O2. The molecule has 1 heterocycles. The summed E-state index contributed by atoms with van der Waals surface area (Å²) >= 11 is 3.23. The summed E-state index contributed by atoms with van der Waals surface area (Å²) in [5.41, 5.74) is 1.17. The van der Waals surface area contributed by atoms with Gasteiger partial charge in [-0.25, -0.2) is 9.78 Å². The third-order valence-corrected chi connectivity index (χ3v) is 2.39. The van der Waals surface area contributed by atoms with Crippen molar-refractivity contribution in [2.45, 2.75) is 13.8 Å². The molecule has 0 atom stereocenters. The van der Waals surface area contributed by atoms with Crippen LogP contribution in [0.15, 0.2) is 4.73 Å². The fraction of sp³-hybridized carbons (Fsp3) is 0.500. The Kier molecular flexibility index (Phi) is 3.08. The molecule has 5 heteroatoms. The first-order valence-corrected chi connectivity index (χ1v) is 4.73. The van der Waals surface area contributed by atoms with Gasteiger partial charge in [-0.15, -0.1) is 0 Å². The van der Waals surface area contributed by atoms with Gasteiger partial charge in [0.1, 0.15) is 0 Å². The molecular weight excluding hydrogens is 236 g/mol. The maximum atomic E-state index is 11.4. The van der Waals surface area contributed by atoms with Crippen molar-refractivity contribution in [3.8, 4) is 0 Å². The third kappa shape index (κ3) is 1.91. The summed E-state index contributed by atoms with van der Waals surface area (Å²) in [7, 11) is 1.76. The number of carbonyl (C=O) groups excluding carboxylic acids is 1. The molecule has 0 amide bonds. The average Bonchev–Trinajstić information content (AvgIpc) is 2.27. The molecule has 0 aromatic carbocycles. The van der Waals surface area contributed by atoms with E-state index in [0.717, 1.165) is 0 Å². The van der Waals surface area contributed by atoms with Gasteiger partial charge in [0.15, 0.2) is 10.4 Å². The largest absolute Gasteiger partial charge is 0.461 e. The van der Waals surface area contributed by atoms with E-state index < -0.39 is 0 Å². The van der Waals surface area contributed by atoms with Gasteiger partial charge >= 0.3 is 5.97 Å². The van der Waals surface area contributed by atoms with Crippen LogP contribution in [0.2, 0.25) is 0 Å². The number of carbonyl (C=O) groups is 1. The first kappa shape index (κ1) is 10.2. The Labute approximate surface area is 85.0 Å². The fourth-order valence-corrected chi connectivity index (χ4v) is 1.53. The molecule has 0 aliphatic heterocycles. The minimum Gasteiger partial charge on any atom is -0.461 e. The summed E-state index contributed by atoms with van der Waals surface area (Å²) in [5.74, 6) is -0.333. The summed E-state index contributed by atoms with van der Waals surface area (Å²) in [6, 6.07) is 0. The Morgan fingerprint density at radius 2 is 2.31 bits per heavy atom. The molecule has 0 N–H and O–H groups in total. The topological polar surface area (TPSA) is 44.1 Å². The predicted octanol–water partition coefficient (Wildman–Crippen LogP) is 1.67. The molecule has 0 aliphatic rings. The summed E-state index contributed by atoms with van der Waals surface area (Å²) < 4.78 is 7.17. The molecule has 13 heavy (non-hydrogen) atoms. The van der Waals surface area contributed by atoms with Crippen molar-refractivity contribution in [1.82, 2.24) is 9.55 Å². The van der Waals surface area contributed by atoms with Gasteiger partial charge < -0.3 is 9.30 Å². The van der Waals surface area contributed by atoms with Gasteiger partial charge in [0.2, 0.25) is 0 Å². The summed E-state index contributed by atoms with van der Waals surface area (Å²) in [6.07, 6.45) is 0. The van der Waals surface area contributed by atoms with Gasteiger partial charge in [0.05, 0.1) is 12.3 Å². The van der Waals surface area contributed by atoms with Crippen LogP contribution in [0.4, 0.5) is 0 Å². The Morgan fingerprint density at radius 1 is 1.69 bits per heavy atom. The SMILES string of the molecule is CCOC(=O)c1c(C)nc(Br)n1C. The van der Waals surface area contributed by atoms with Crippen LogP contribution in [0.5, 0.6) is 0 Å². The molecule has 1 rings (SSSR count). The van der Waals surface area contributed by atoms with Crippen molar-refractivity contribution < 1.29 is 9.53 Å². The van der Waals surface area contributed by atoms with E-state index in [1.54, 1.807) is 25.5 Å². The lowest BCUT2D eigenvalue weighted by atomic mass is 10.3. The Bertz CT molecular complexity index is 333. The normalized spacial score (nSPS) is 10.2. The van der Waals surface area contributed by atoms with Gasteiger partial charge in [-0.2, -0.15) is 0 Å². The number of imidazole rings is 1. The van der Waals surface area contributed by atoms with E-state index in [2.05, 4.69) is 20.9 Å². The van der Waals surface area contributed by atoms with Gasteiger partial charge in [-0.3, -0.25) is 0 Å².